The number of hydrogen-bond donors (Lipinski definition) is 3. The highest BCUT2D eigenvalue weighted by Gasteiger charge is 1.97. The number of carboxylic acids is 1. The van der Waals surface area contributed by atoms with Crippen molar-refractivity contribution in [2.75, 3.05) is 12.3 Å². The topological polar surface area (TPSA) is 102 Å². The number of para-hydroxylation sites is 1. The number of nitrogens with two attached hydrogens (primary N) is 2. The Labute approximate surface area is 146 Å². The van der Waals surface area contributed by atoms with E-state index in [1.165, 1.54) is 5.56 Å². The van der Waals surface area contributed by atoms with Crippen molar-refractivity contribution in [3.8, 4) is 0 Å². The predicted octanol–water partition coefficient (Wildman–Crippen LogP) is 3.41. The molecule has 0 atom stereocenters. The van der Waals surface area contributed by atoms with Crippen LogP contribution in [-0.2, 0) is 4.79 Å². The van der Waals surface area contributed by atoms with Crippen molar-refractivity contribution in [2.45, 2.75) is 6.42 Å². The van der Waals surface area contributed by atoms with Crippen molar-refractivity contribution in [1.29, 1.82) is 0 Å². The minimum Gasteiger partial charge on any atom is -0.481 e. The first kappa shape index (κ1) is 18.2. The lowest BCUT2D eigenvalue weighted by Crippen LogP contribution is -2.05. The van der Waals surface area contributed by atoms with Crippen LogP contribution in [-0.4, -0.2) is 22.6 Å². The fraction of sp³-hybridized carbons (Fsp3) is 0.100. The second-order valence-electron chi connectivity index (χ2n) is 5.35. The van der Waals surface area contributed by atoms with Crippen LogP contribution in [0.15, 0.2) is 60.8 Å². The molecule has 128 valence electrons. The van der Waals surface area contributed by atoms with Crippen molar-refractivity contribution in [2.24, 2.45) is 5.73 Å². The number of aliphatic carboxylic acids is 1. The molecule has 5 heteroatoms. The molecular weight excluding hydrogens is 314 g/mol. The highest BCUT2D eigenvalue weighted by atomic mass is 16.4. The molecule has 0 amide bonds. The van der Waals surface area contributed by atoms with E-state index in [1.54, 1.807) is 0 Å². The first-order chi connectivity index (χ1) is 12.1. The Bertz CT molecular complexity index is 853. The Balaban J connectivity index is 0.000000326. The molecule has 25 heavy (non-hydrogen) atoms. The third-order valence-electron chi connectivity index (χ3n) is 3.43. The molecule has 0 saturated carbocycles. The number of hydrogen-bond acceptors (Lipinski definition) is 4. The number of fused-ring (bicyclic) bond motifs is 1. The van der Waals surface area contributed by atoms with Gasteiger partial charge < -0.3 is 16.6 Å². The average Bonchev–Trinajstić information content (AvgIpc) is 2.62. The van der Waals surface area contributed by atoms with Crippen LogP contribution in [0.25, 0.3) is 23.1 Å². The van der Waals surface area contributed by atoms with E-state index in [2.05, 4.69) is 23.2 Å². The van der Waals surface area contributed by atoms with Crippen molar-refractivity contribution >= 4 is 34.7 Å². The van der Waals surface area contributed by atoms with Crippen LogP contribution < -0.4 is 11.5 Å². The molecule has 0 radical (unpaired) electrons. The van der Waals surface area contributed by atoms with Gasteiger partial charge in [0.1, 0.15) is 0 Å². The summed E-state index contributed by atoms with van der Waals surface area (Å²) in [5, 5.41) is 9.00. The second kappa shape index (κ2) is 9.20. The summed E-state index contributed by atoms with van der Waals surface area (Å²) in [7, 11) is 0. The molecule has 0 aliphatic heterocycles. The van der Waals surface area contributed by atoms with Gasteiger partial charge in [0.2, 0.25) is 0 Å². The summed E-state index contributed by atoms with van der Waals surface area (Å²) in [5.74, 6) is -0.836. The molecule has 0 spiro atoms. The van der Waals surface area contributed by atoms with Gasteiger partial charge in [-0.05, 0) is 35.4 Å². The second-order valence-corrected chi connectivity index (χ2v) is 5.35. The predicted molar refractivity (Wildman–Crippen MR) is 103 cm³/mol. The number of carbonyl (C=O) groups is 1. The van der Waals surface area contributed by atoms with Crippen LogP contribution >= 0.6 is 0 Å². The summed E-state index contributed by atoms with van der Waals surface area (Å²) in [6.07, 6.45) is 6.10. The maximum absolute atomic E-state index is 9.52. The molecule has 0 aliphatic rings. The monoisotopic (exact) mass is 335 g/mol. The lowest BCUT2D eigenvalue weighted by molar-refractivity contribution is -0.136. The Hall–Kier alpha value is -3.18. The van der Waals surface area contributed by atoms with Crippen LogP contribution in [0.5, 0.6) is 0 Å². The van der Waals surface area contributed by atoms with E-state index >= 15 is 0 Å². The van der Waals surface area contributed by atoms with Crippen molar-refractivity contribution < 1.29 is 9.90 Å². The van der Waals surface area contributed by atoms with Gasteiger partial charge in [0.15, 0.2) is 0 Å². The maximum atomic E-state index is 9.52. The van der Waals surface area contributed by atoms with E-state index in [1.807, 2.05) is 54.7 Å². The zero-order valence-electron chi connectivity index (χ0n) is 13.8. The fourth-order valence-corrected chi connectivity index (χ4v) is 2.18. The molecule has 0 aliphatic carbocycles. The Morgan fingerprint density at radius 1 is 1.04 bits per heavy atom. The number of anilines is 1. The maximum Gasteiger partial charge on any atom is 0.304 e. The number of nitrogens with zero attached hydrogens (tertiary/aromatic N) is 1. The summed E-state index contributed by atoms with van der Waals surface area (Å²) in [6, 6.07) is 18.0. The van der Waals surface area contributed by atoms with Gasteiger partial charge in [0, 0.05) is 23.8 Å². The molecule has 5 N–H and O–H groups in total. The van der Waals surface area contributed by atoms with Crippen molar-refractivity contribution in [3.05, 3.63) is 71.9 Å². The van der Waals surface area contributed by atoms with E-state index < -0.39 is 5.97 Å². The lowest BCUT2D eigenvalue weighted by Gasteiger charge is -2.01. The van der Waals surface area contributed by atoms with Crippen LogP contribution in [0.1, 0.15) is 17.5 Å². The highest BCUT2D eigenvalue weighted by molar-refractivity contribution is 5.90. The van der Waals surface area contributed by atoms with Crippen LogP contribution in [0.3, 0.4) is 0 Å². The highest BCUT2D eigenvalue weighted by Crippen LogP contribution is 2.18. The molecule has 3 rings (SSSR count). The van der Waals surface area contributed by atoms with Gasteiger partial charge in [-0.15, -0.1) is 0 Å². The van der Waals surface area contributed by atoms with Gasteiger partial charge in [0.25, 0.3) is 0 Å². The number of rotatable bonds is 4. The fourth-order valence-electron chi connectivity index (χ4n) is 2.18. The van der Waals surface area contributed by atoms with Gasteiger partial charge in [-0.2, -0.15) is 0 Å². The summed E-state index contributed by atoms with van der Waals surface area (Å²) >= 11 is 0. The Kier molecular flexibility index (Phi) is 6.68. The van der Waals surface area contributed by atoms with E-state index in [0.29, 0.717) is 0 Å². The van der Waals surface area contributed by atoms with E-state index in [9.17, 15) is 4.79 Å². The first-order valence-electron chi connectivity index (χ1n) is 7.89. The molecular formula is C20H21N3O2. The number of aromatic nitrogens is 1. The van der Waals surface area contributed by atoms with Gasteiger partial charge in [-0.1, -0.05) is 42.5 Å². The lowest BCUT2D eigenvalue weighted by atomic mass is 10.1. The zero-order valence-corrected chi connectivity index (χ0v) is 13.8. The Morgan fingerprint density at radius 2 is 1.76 bits per heavy atom. The first-order valence-corrected chi connectivity index (χ1v) is 7.89. The summed E-state index contributed by atoms with van der Waals surface area (Å²) in [6.45, 7) is 0.231. The SMILES string of the molecule is NCCC(=O)O.Nc1ccc(C=Cc2ccnc3ccccc23)cc1. The van der Waals surface area contributed by atoms with Crippen LogP contribution in [0, 0.1) is 0 Å². The molecule has 1 aromatic heterocycles. The number of pyridine rings is 1. The number of carboxylic acid groups (broad SMARTS) is 1. The Morgan fingerprint density at radius 3 is 2.40 bits per heavy atom. The molecule has 0 saturated heterocycles. The van der Waals surface area contributed by atoms with Gasteiger partial charge >= 0.3 is 5.97 Å². The third kappa shape index (κ3) is 5.75. The summed E-state index contributed by atoms with van der Waals surface area (Å²) in [5.41, 5.74) is 14.6. The van der Waals surface area contributed by atoms with Crippen LogP contribution in [0.2, 0.25) is 0 Å². The molecule has 0 unspecified atom stereocenters. The summed E-state index contributed by atoms with van der Waals surface area (Å²) in [4.78, 5) is 13.9. The van der Waals surface area contributed by atoms with E-state index in [-0.39, 0.29) is 13.0 Å². The van der Waals surface area contributed by atoms with Gasteiger partial charge in [-0.3, -0.25) is 9.78 Å². The summed E-state index contributed by atoms with van der Waals surface area (Å²) < 4.78 is 0. The smallest absolute Gasteiger partial charge is 0.304 e. The molecule has 1 heterocycles. The standard InChI is InChI=1S/C17H14N2.C3H7NO2/c18-15-9-6-13(7-10-15)5-8-14-11-12-19-17-4-2-1-3-16(14)17;4-2-1-3(5)6/h1-12H,18H2;1-2,4H2,(H,5,6). The van der Waals surface area contributed by atoms with E-state index in [4.69, 9.17) is 16.6 Å². The van der Waals surface area contributed by atoms with Gasteiger partial charge in [-0.25, -0.2) is 0 Å². The third-order valence-corrected chi connectivity index (χ3v) is 3.43. The quantitative estimate of drug-likeness (QED) is 0.634. The largest absolute Gasteiger partial charge is 0.481 e. The minimum atomic E-state index is -0.836. The molecule has 2 aromatic carbocycles. The van der Waals surface area contributed by atoms with Gasteiger partial charge in [0.05, 0.1) is 11.9 Å². The normalized spacial score (nSPS) is 10.4. The molecule has 5 nitrogen and oxygen atoms in total. The zero-order chi connectivity index (χ0) is 18.1. The van der Waals surface area contributed by atoms with Crippen molar-refractivity contribution in [3.63, 3.8) is 0 Å². The molecule has 0 bridgehead atoms. The van der Waals surface area contributed by atoms with Crippen LogP contribution in [0.4, 0.5) is 5.69 Å². The number of nitrogen functional groups attached to an aromatic ring is 1. The number of benzene rings is 2. The van der Waals surface area contributed by atoms with E-state index in [0.717, 1.165) is 22.2 Å². The van der Waals surface area contributed by atoms with Crippen molar-refractivity contribution in [1.82, 2.24) is 4.98 Å². The molecule has 3 aromatic rings. The molecule has 0 fully saturated rings. The minimum absolute atomic E-state index is 0.0694. The average molecular weight is 335 g/mol.